The Morgan fingerprint density at radius 1 is 1.25 bits per heavy atom. The van der Waals surface area contributed by atoms with Crippen molar-refractivity contribution in [2.45, 2.75) is 35.8 Å². The van der Waals surface area contributed by atoms with E-state index in [-0.39, 0.29) is 42.8 Å². The Kier molecular flexibility index (Phi) is 5.37. The Morgan fingerprint density at radius 2 is 2.03 bits per heavy atom. The summed E-state index contributed by atoms with van der Waals surface area (Å²) in [6, 6.07) is 12.9. The number of benzene rings is 2. The number of nitrogens with zero attached hydrogens (tertiary/aromatic N) is 1. The molecule has 0 aliphatic carbocycles. The minimum Gasteiger partial charge on any atom is -0.466 e. The molecule has 2 bridgehead atoms. The van der Waals surface area contributed by atoms with Gasteiger partial charge in [-0.05, 0) is 42.7 Å². The van der Waals surface area contributed by atoms with E-state index in [9.17, 15) is 19.5 Å². The third-order valence-electron chi connectivity index (χ3n) is 6.97. The number of amides is 2. The molecule has 3 aliphatic heterocycles. The van der Waals surface area contributed by atoms with Gasteiger partial charge < -0.3 is 20.1 Å². The minimum absolute atomic E-state index is 0.0183. The number of hydrogen-bond donors (Lipinski definition) is 2. The van der Waals surface area contributed by atoms with Crippen molar-refractivity contribution in [2.75, 3.05) is 25.1 Å². The van der Waals surface area contributed by atoms with Crippen molar-refractivity contribution < 1.29 is 24.2 Å². The highest BCUT2D eigenvalue weighted by Gasteiger charge is 2.73. The van der Waals surface area contributed by atoms with Gasteiger partial charge in [0.2, 0.25) is 11.8 Å². The molecule has 2 N–H and O–H groups in total. The number of aliphatic hydroxyl groups excluding tert-OH is 1. The van der Waals surface area contributed by atoms with Crippen LogP contribution in [0.5, 0.6) is 0 Å². The quantitative estimate of drug-likeness (QED) is 0.651. The molecular formula is C24H26N2O5S. The van der Waals surface area contributed by atoms with E-state index in [2.05, 4.69) is 5.32 Å². The Bertz CT molecular complexity index is 1090. The fourth-order valence-corrected chi connectivity index (χ4v) is 7.99. The summed E-state index contributed by atoms with van der Waals surface area (Å²) >= 11 is 1.59. The number of thioether (sulfide) groups is 1. The lowest BCUT2D eigenvalue weighted by atomic mass is 9.71. The van der Waals surface area contributed by atoms with Crippen molar-refractivity contribution >= 4 is 46.0 Å². The van der Waals surface area contributed by atoms with E-state index < -0.39 is 22.6 Å². The summed E-state index contributed by atoms with van der Waals surface area (Å²) in [7, 11) is 0. The van der Waals surface area contributed by atoms with Crippen LogP contribution in [0, 0.1) is 11.8 Å². The summed E-state index contributed by atoms with van der Waals surface area (Å²) in [5, 5.41) is 14.7. The van der Waals surface area contributed by atoms with E-state index in [0.717, 1.165) is 17.2 Å². The average molecular weight is 455 g/mol. The summed E-state index contributed by atoms with van der Waals surface area (Å²) in [5.41, 5.74) is 0.657. The molecule has 7 nitrogen and oxygen atoms in total. The second kappa shape index (κ2) is 8.08. The zero-order chi connectivity index (χ0) is 22.5. The lowest BCUT2D eigenvalue weighted by Crippen LogP contribution is -2.51. The normalized spacial score (nSPS) is 30.6. The fraction of sp³-hybridized carbons (Fsp3) is 0.458. The first kappa shape index (κ1) is 21.3. The van der Waals surface area contributed by atoms with E-state index in [1.807, 2.05) is 42.5 Å². The predicted molar refractivity (Wildman–Crippen MR) is 122 cm³/mol. The van der Waals surface area contributed by atoms with Crippen molar-refractivity contribution in [1.82, 2.24) is 4.90 Å². The van der Waals surface area contributed by atoms with Gasteiger partial charge in [0.25, 0.3) is 0 Å². The van der Waals surface area contributed by atoms with Crippen LogP contribution in [0.3, 0.4) is 0 Å². The Labute approximate surface area is 190 Å². The molecule has 1 spiro atoms. The number of carbonyl (C=O) groups excluding carboxylic acids is 3. The topological polar surface area (TPSA) is 95.9 Å². The van der Waals surface area contributed by atoms with Crippen molar-refractivity contribution in [3.63, 3.8) is 0 Å². The van der Waals surface area contributed by atoms with Crippen LogP contribution in [-0.2, 0) is 19.1 Å². The molecule has 32 heavy (non-hydrogen) atoms. The van der Waals surface area contributed by atoms with Crippen LogP contribution in [0.4, 0.5) is 5.69 Å². The highest BCUT2D eigenvalue weighted by Crippen LogP contribution is 2.66. The number of carbonyl (C=O) groups is 3. The lowest BCUT2D eigenvalue weighted by Gasteiger charge is -2.33. The van der Waals surface area contributed by atoms with Crippen molar-refractivity contribution in [3.05, 3.63) is 42.5 Å². The molecule has 2 aromatic rings. The summed E-state index contributed by atoms with van der Waals surface area (Å²) in [6.45, 7) is 1.83. The van der Waals surface area contributed by atoms with E-state index in [0.29, 0.717) is 12.1 Å². The van der Waals surface area contributed by atoms with Gasteiger partial charge in [-0.2, -0.15) is 0 Å². The van der Waals surface area contributed by atoms with Crippen molar-refractivity contribution in [2.24, 2.45) is 11.8 Å². The summed E-state index contributed by atoms with van der Waals surface area (Å²) in [5.74, 6) is -2.00. The smallest absolute Gasteiger partial charge is 0.310 e. The van der Waals surface area contributed by atoms with Crippen LogP contribution in [0.15, 0.2) is 42.5 Å². The third kappa shape index (κ3) is 3.11. The van der Waals surface area contributed by atoms with E-state index in [1.165, 1.54) is 4.90 Å². The Hall–Kier alpha value is -2.58. The van der Waals surface area contributed by atoms with Gasteiger partial charge in [-0.15, -0.1) is 11.8 Å². The zero-order valence-electron chi connectivity index (χ0n) is 17.8. The first-order valence-corrected chi connectivity index (χ1v) is 11.9. The summed E-state index contributed by atoms with van der Waals surface area (Å²) in [4.78, 5) is 41.2. The maximum absolute atomic E-state index is 13.6. The molecule has 8 heteroatoms. The minimum atomic E-state index is -0.743. The molecule has 0 radical (unpaired) electrons. The molecule has 5 rings (SSSR count). The van der Waals surface area contributed by atoms with Crippen LogP contribution >= 0.6 is 11.8 Å². The first-order chi connectivity index (χ1) is 15.5. The Morgan fingerprint density at radius 3 is 2.78 bits per heavy atom. The van der Waals surface area contributed by atoms with Gasteiger partial charge in [0, 0.05) is 17.5 Å². The molecule has 3 heterocycles. The molecular weight excluding hydrogens is 428 g/mol. The number of anilines is 1. The number of ether oxygens (including phenoxy) is 1. The number of nitrogens with one attached hydrogen (secondary N) is 1. The molecule has 2 amide bonds. The third-order valence-corrected chi connectivity index (χ3v) is 8.92. The number of fused-ring (bicyclic) bond motifs is 2. The molecule has 0 aromatic heterocycles. The van der Waals surface area contributed by atoms with Crippen molar-refractivity contribution in [1.29, 1.82) is 0 Å². The molecule has 5 atom stereocenters. The van der Waals surface area contributed by atoms with Gasteiger partial charge in [-0.3, -0.25) is 14.4 Å². The monoisotopic (exact) mass is 454 g/mol. The standard InChI is InChI=1S/C24H26N2O5S/c1-2-31-23(30)18-17-9-10-24(32-17)19(18)22(29)26(11-12-27)20(24)21(28)25-16-8-7-14-5-3-4-6-15(14)13-16/h3-8,13,17-20,27H,2,9-12H2,1H3,(H,25,28)/t17-,18+,19-,20?,24?/m0/s1. The average Bonchev–Trinajstić information content (AvgIpc) is 3.42. The molecule has 3 fully saturated rings. The highest BCUT2D eigenvalue weighted by atomic mass is 32.2. The SMILES string of the molecule is CCOC(=O)[C@@H]1[C@@H]2CCC3(S2)C(C(=O)Nc2ccc4ccccc4c2)N(CCO)C(=O)[C@H]13. The second-order valence-electron chi connectivity index (χ2n) is 8.61. The van der Waals surface area contributed by atoms with E-state index in [4.69, 9.17) is 4.74 Å². The maximum Gasteiger partial charge on any atom is 0.310 e. The number of hydrogen-bond acceptors (Lipinski definition) is 6. The summed E-state index contributed by atoms with van der Waals surface area (Å²) < 4.78 is 4.61. The van der Waals surface area contributed by atoms with Gasteiger partial charge >= 0.3 is 5.97 Å². The van der Waals surface area contributed by atoms with Gasteiger partial charge in [-0.25, -0.2) is 0 Å². The van der Waals surface area contributed by atoms with E-state index >= 15 is 0 Å². The van der Waals surface area contributed by atoms with Crippen LogP contribution in [0.2, 0.25) is 0 Å². The molecule has 2 aromatic carbocycles. The number of rotatable bonds is 6. The number of esters is 1. The largest absolute Gasteiger partial charge is 0.466 e. The van der Waals surface area contributed by atoms with Gasteiger partial charge in [-0.1, -0.05) is 30.3 Å². The van der Waals surface area contributed by atoms with Crippen LogP contribution in [-0.4, -0.2) is 63.6 Å². The molecule has 3 aliphatic rings. The van der Waals surface area contributed by atoms with Gasteiger partial charge in [0.1, 0.15) is 6.04 Å². The van der Waals surface area contributed by atoms with Crippen LogP contribution in [0.25, 0.3) is 10.8 Å². The van der Waals surface area contributed by atoms with Crippen molar-refractivity contribution in [3.8, 4) is 0 Å². The molecule has 3 saturated heterocycles. The van der Waals surface area contributed by atoms with Gasteiger partial charge in [0.05, 0.1) is 29.8 Å². The number of β-amino-alcohol motifs (C(OH)–C–C–N with tert-alkyl or cyclic N) is 1. The number of likely N-dealkylation sites (tertiary alicyclic amines) is 1. The predicted octanol–water partition coefficient (Wildman–Crippen LogP) is 2.42. The summed E-state index contributed by atoms with van der Waals surface area (Å²) in [6.07, 6.45) is 1.46. The number of aliphatic hydroxyl groups is 1. The first-order valence-electron chi connectivity index (χ1n) is 11.1. The maximum atomic E-state index is 13.6. The second-order valence-corrected chi connectivity index (χ2v) is 10.2. The van der Waals surface area contributed by atoms with Crippen LogP contribution < -0.4 is 5.32 Å². The molecule has 168 valence electrons. The molecule has 2 unspecified atom stereocenters. The highest BCUT2D eigenvalue weighted by molar-refractivity contribution is 8.02. The van der Waals surface area contributed by atoms with E-state index in [1.54, 1.807) is 18.7 Å². The molecule has 0 saturated carbocycles. The van der Waals surface area contributed by atoms with Gasteiger partial charge in [0.15, 0.2) is 0 Å². The lowest BCUT2D eigenvalue weighted by molar-refractivity contribution is -0.153. The Balaban J connectivity index is 1.48. The zero-order valence-corrected chi connectivity index (χ0v) is 18.6. The van der Waals surface area contributed by atoms with Crippen LogP contribution in [0.1, 0.15) is 19.8 Å². The fourth-order valence-electron chi connectivity index (χ4n) is 5.79.